The first-order chi connectivity index (χ1) is 13.2. The zero-order valence-corrected chi connectivity index (χ0v) is 16.9. The number of hydrogen-bond donors (Lipinski definition) is 1. The lowest BCUT2D eigenvalue weighted by Gasteiger charge is -2.33. The molecule has 28 heavy (non-hydrogen) atoms. The van der Waals surface area contributed by atoms with Crippen molar-refractivity contribution in [1.29, 1.82) is 0 Å². The molecule has 0 saturated carbocycles. The van der Waals surface area contributed by atoms with Crippen LogP contribution in [0.15, 0.2) is 30.3 Å². The Kier molecular flexibility index (Phi) is 7.56. The van der Waals surface area contributed by atoms with Crippen molar-refractivity contribution < 1.29 is 27.5 Å². The number of esters is 1. The van der Waals surface area contributed by atoms with Crippen molar-refractivity contribution >= 4 is 27.6 Å². The SMILES string of the molecule is CC[C@H](C)N(C(=O)COC(=O)CNC(=O)c1ccccc1)[C@H]1CCS(=O)(=O)C1. The molecule has 2 rings (SSSR count). The summed E-state index contributed by atoms with van der Waals surface area (Å²) in [5, 5.41) is 2.43. The van der Waals surface area contributed by atoms with Crippen LogP contribution in [0.1, 0.15) is 37.0 Å². The van der Waals surface area contributed by atoms with E-state index in [0.29, 0.717) is 18.4 Å². The number of carbonyl (C=O) groups excluding carboxylic acids is 3. The van der Waals surface area contributed by atoms with E-state index in [9.17, 15) is 22.8 Å². The molecule has 0 unspecified atom stereocenters. The Bertz CT molecular complexity index is 809. The van der Waals surface area contributed by atoms with Gasteiger partial charge in [-0.3, -0.25) is 14.4 Å². The summed E-state index contributed by atoms with van der Waals surface area (Å²) >= 11 is 0. The van der Waals surface area contributed by atoms with Gasteiger partial charge in [-0.15, -0.1) is 0 Å². The van der Waals surface area contributed by atoms with Crippen molar-refractivity contribution in [3.63, 3.8) is 0 Å². The fourth-order valence-corrected chi connectivity index (χ4v) is 4.82. The monoisotopic (exact) mass is 410 g/mol. The molecule has 1 saturated heterocycles. The second kappa shape index (κ2) is 9.68. The van der Waals surface area contributed by atoms with Crippen molar-refractivity contribution in [2.75, 3.05) is 24.7 Å². The molecule has 8 nitrogen and oxygen atoms in total. The van der Waals surface area contributed by atoms with Crippen LogP contribution < -0.4 is 5.32 Å². The quantitative estimate of drug-likeness (QED) is 0.634. The molecular weight excluding hydrogens is 384 g/mol. The van der Waals surface area contributed by atoms with Gasteiger partial charge in [-0.2, -0.15) is 0 Å². The highest BCUT2D eigenvalue weighted by atomic mass is 32.2. The number of amides is 2. The van der Waals surface area contributed by atoms with E-state index in [1.807, 2.05) is 13.8 Å². The van der Waals surface area contributed by atoms with E-state index < -0.39 is 40.3 Å². The summed E-state index contributed by atoms with van der Waals surface area (Å²) in [4.78, 5) is 37.9. The summed E-state index contributed by atoms with van der Waals surface area (Å²) in [5.41, 5.74) is 0.414. The van der Waals surface area contributed by atoms with E-state index in [1.165, 1.54) is 4.90 Å². The maximum atomic E-state index is 12.6. The predicted molar refractivity (Wildman–Crippen MR) is 103 cm³/mol. The summed E-state index contributed by atoms with van der Waals surface area (Å²) in [7, 11) is -3.14. The number of carbonyl (C=O) groups is 3. The van der Waals surface area contributed by atoms with Crippen LogP contribution in [-0.4, -0.2) is 67.8 Å². The van der Waals surface area contributed by atoms with E-state index in [4.69, 9.17) is 4.74 Å². The van der Waals surface area contributed by atoms with Gasteiger partial charge in [0.15, 0.2) is 16.4 Å². The van der Waals surface area contributed by atoms with E-state index in [2.05, 4.69) is 5.32 Å². The molecule has 0 bridgehead atoms. The Morgan fingerprint density at radius 1 is 1.25 bits per heavy atom. The molecule has 2 atom stereocenters. The summed E-state index contributed by atoms with van der Waals surface area (Å²) < 4.78 is 28.5. The van der Waals surface area contributed by atoms with Crippen LogP contribution in [0.2, 0.25) is 0 Å². The van der Waals surface area contributed by atoms with Gasteiger partial charge in [-0.05, 0) is 31.9 Å². The summed E-state index contributed by atoms with van der Waals surface area (Å²) in [6.07, 6.45) is 1.04. The van der Waals surface area contributed by atoms with Crippen molar-refractivity contribution in [3.8, 4) is 0 Å². The van der Waals surface area contributed by atoms with Crippen molar-refractivity contribution in [1.82, 2.24) is 10.2 Å². The fraction of sp³-hybridized carbons (Fsp3) is 0.526. The Balaban J connectivity index is 1.86. The van der Waals surface area contributed by atoms with E-state index in [1.54, 1.807) is 30.3 Å². The number of sulfone groups is 1. The second-order valence-corrected chi connectivity index (χ2v) is 9.05. The summed E-state index contributed by atoms with van der Waals surface area (Å²) in [5.74, 6) is -1.59. The number of nitrogens with zero attached hydrogens (tertiary/aromatic N) is 1. The van der Waals surface area contributed by atoms with Crippen molar-refractivity contribution in [3.05, 3.63) is 35.9 Å². The van der Waals surface area contributed by atoms with E-state index in [-0.39, 0.29) is 24.1 Å². The smallest absolute Gasteiger partial charge is 0.325 e. The van der Waals surface area contributed by atoms with Crippen LogP contribution in [-0.2, 0) is 24.2 Å². The molecule has 1 aliphatic rings. The van der Waals surface area contributed by atoms with Crippen LogP contribution in [0.5, 0.6) is 0 Å². The first-order valence-corrected chi connectivity index (χ1v) is 11.1. The molecule has 0 aromatic heterocycles. The largest absolute Gasteiger partial charge is 0.454 e. The van der Waals surface area contributed by atoms with Crippen LogP contribution in [0.25, 0.3) is 0 Å². The fourth-order valence-electron chi connectivity index (χ4n) is 3.11. The highest BCUT2D eigenvalue weighted by Crippen LogP contribution is 2.21. The minimum absolute atomic E-state index is 0.0587. The van der Waals surface area contributed by atoms with Crippen molar-refractivity contribution in [2.45, 2.75) is 38.8 Å². The highest BCUT2D eigenvalue weighted by Gasteiger charge is 2.36. The molecule has 2 amide bonds. The van der Waals surface area contributed by atoms with Crippen LogP contribution >= 0.6 is 0 Å². The van der Waals surface area contributed by atoms with Gasteiger partial charge in [0.25, 0.3) is 11.8 Å². The van der Waals surface area contributed by atoms with Gasteiger partial charge in [0.1, 0.15) is 6.54 Å². The molecule has 0 radical (unpaired) electrons. The molecule has 1 aromatic carbocycles. The lowest BCUT2D eigenvalue weighted by molar-refractivity contribution is -0.153. The molecule has 154 valence electrons. The third-order valence-electron chi connectivity index (χ3n) is 4.74. The molecule has 0 spiro atoms. The maximum absolute atomic E-state index is 12.6. The van der Waals surface area contributed by atoms with Crippen LogP contribution in [0.3, 0.4) is 0 Å². The Morgan fingerprint density at radius 2 is 1.93 bits per heavy atom. The molecule has 1 aliphatic heterocycles. The Morgan fingerprint density at radius 3 is 2.50 bits per heavy atom. The van der Waals surface area contributed by atoms with Gasteiger partial charge in [-0.25, -0.2) is 8.42 Å². The number of hydrogen-bond acceptors (Lipinski definition) is 6. The molecule has 9 heteroatoms. The minimum atomic E-state index is -3.14. The maximum Gasteiger partial charge on any atom is 0.325 e. The summed E-state index contributed by atoms with van der Waals surface area (Å²) in [6.45, 7) is 2.90. The first kappa shape index (κ1) is 21.9. The normalized spacial score (nSPS) is 18.9. The lowest BCUT2D eigenvalue weighted by Crippen LogP contribution is -2.48. The van der Waals surface area contributed by atoms with Crippen LogP contribution in [0, 0.1) is 0 Å². The van der Waals surface area contributed by atoms with Crippen molar-refractivity contribution in [2.24, 2.45) is 0 Å². The first-order valence-electron chi connectivity index (χ1n) is 9.24. The average Bonchev–Trinajstić information content (AvgIpc) is 3.04. The topological polar surface area (TPSA) is 110 Å². The third-order valence-corrected chi connectivity index (χ3v) is 6.49. The molecule has 1 heterocycles. The average molecular weight is 410 g/mol. The van der Waals surface area contributed by atoms with Crippen LogP contribution in [0.4, 0.5) is 0 Å². The molecule has 1 aromatic rings. The van der Waals surface area contributed by atoms with Gasteiger partial charge in [0.05, 0.1) is 11.5 Å². The van der Waals surface area contributed by atoms with Gasteiger partial charge in [0, 0.05) is 17.6 Å². The van der Waals surface area contributed by atoms with Gasteiger partial charge in [0.2, 0.25) is 0 Å². The number of ether oxygens (including phenoxy) is 1. The molecule has 1 N–H and O–H groups in total. The number of rotatable bonds is 8. The minimum Gasteiger partial charge on any atom is -0.454 e. The third kappa shape index (κ3) is 6.05. The molecular formula is C19H26N2O6S. The molecule has 1 fully saturated rings. The summed E-state index contributed by atoms with van der Waals surface area (Å²) in [6, 6.07) is 7.85. The van der Waals surface area contributed by atoms with E-state index in [0.717, 1.165) is 0 Å². The predicted octanol–water partition coefficient (Wildman–Crippen LogP) is 0.774. The Hall–Kier alpha value is -2.42. The Labute approximate surface area is 165 Å². The zero-order valence-electron chi connectivity index (χ0n) is 16.1. The number of benzene rings is 1. The second-order valence-electron chi connectivity index (χ2n) is 6.82. The standard InChI is InChI=1S/C19H26N2O6S/c1-3-14(2)21(16-9-10-28(25,26)13-16)17(22)12-27-18(23)11-20-19(24)15-7-5-4-6-8-15/h4-8,14,16H,3,9-13H2,1-2H3,(H,20,24)/t14-,16-/m0/s1. The van der Waals surface area contributed by atoms with Gasteiger partial charge in [-0.1, -0.05) is 25.1 Å². The lowest BCUT2D eigenvalue weighted by atomic mass is 10.1. The van der Waals surface area contributed by atoms with Gasteiger partial charge < -0.3 is 15.0 Å². The molecule has 0 aliphatic carbocycles. The van der Waals surface area contributed by atoms with Gasteiger partial charge >= 0.3 is 5.97 Å². The number of nitrogens with one attached hydrogen (secondary N) is 1. The zero-order chi connectivity index (χ0) is 20.7. The highest BCUT2D eigenvalue weighted by molar-refractivity contribution is 7.91. The van der Waals surface area contributed by atoms with E-state index >= 15 is 0 Å².